The lowest BCUT2D eigenvalue weighted by molar-refractivity contribution is 0.279. The highest BCUT2D eigenvalue weighted by atomic mass is 16.5. The highest BCUT2D eigenvalue weighted by Crippen LogP contribution is 2.41. The first-order valence-electron chi connectivity index (χ1n) is 21.2. The first-order chi connectivity index (χ1) is 28.9. The summed E-state index contributed by atoms with van der Waals surface area (Å²) in [4.78, 5) is 0. The van der Waals surface area contributed by atoms with Crippen LogP contribution in [0.5, 0.6) is 23.0 Å². The summed E-state index contributed by atoms with van der Waals surface area (Å²) in [5.41, 5.74) is 6.64. The number of benzene rings is 6. The van der Waals surface area contributed by atoms with E-state index in [0.717, 1.165) is 67.9 Å². The van der Waals surface area contributed by atoms with Crippen LogP contribution in [-0.4, -0.2) is 26.4 Å². The van der Waals surface area contributed by atoms with Gasteiger partial charge >= 0.3 is 0 Å². The molecule has 2 atom stereocenters. The van der Waals surface area contributed by atoms with E-state index >= 15 is 0 Å². The van der Waals surface area contributed by atoms with Gasteiger partial charge in [-0.2, -0.15) is 0 Å². The molecule has 0 aromatic heterocycles. The Morgan fingerprint density at radius 1 is 0.339 bits per heavy atom. The van der Waals surface area contributed by atoms with Gasteiger partial charge in [0.1, 0.15) is 23.0 Å². The van der Waals surface area contributed by atoms with E-state index in [2.05, 4.69) is 185 Å². The van der Waals surface area contributed by atoms with Crippen molar-refractivity contribution in [2.24, 2.45) is 0 Å². The standard InChI is InChI=1S/C55H60O4/c1-5-7-16-40-56-50-32-24-46(25-33-50)54(3,44-20-12-9-13-21-44)48-28-36-52(37-29-48)58-42-18-11-19-43-59-53-38-30-49(31-39-53)55(4,45-22-14-10-15-23-45)47-26-34-51(35-27-47)57-41-17-8-6-2/h5-6,9-10,12-15,20-39H,1-2,7-8,11,16-19,40-43H2,3-4H3. The van der Waals surface area contributed by atoms with Crippen molar-refractivity contribution in [2.75, 3.05) is 26.4 Å². The quantitative estimate of drug-likeness (QED) is 0.0348. The molecular formula is C55H60O4. The second-order valence-electron chi connectivity index (χ2n) is 15.4. The Labute approximate surface area is 353 Å². The molecule has 0 amide bonds. The normalized spacial score (nSPS) is 13.1. The summed E-state index contributed by atoms with van der Waals surface area (Å²) in [6, 6.07) is 55.6. The van der Waals surface area contributed by atoms with Gasteiger partial charge in [0.25, 0.3) is 0 Å². The van der Waals surface area contributed by atoms with Gasteiger partial charge in [-0.15, -0.1) is 13.2 Å². The molecular weight excluding hydrogens is 725 g/mol. The van der Waals surface area contributed by atoms with Crippen LogP contribution in [0.15, 0.2) is 183 Å². The van der Waals surface area contributed by atoms with E-state index < -0.39 is 0 Å². The zero-order chi connectivity index (χ0) is 41.2. The Bertz CT molecular complexity index is 1970. The van der Waals surface area contributed by atoms with Crippen molar-refractivity contribution in [3.63, 3.8) is 0 Å². The van der Waals surface area contributed by atoms with E-state index in [1.165, 1.54) is 33.4 Å². The molecule has 0 N–H and O–H groups in total. The van der Waals surface area contributed by atoms with Crippen molar-refractivity contribution in [1.82, 2.24) is 0 Å². The van der Waals surface area contributed by atoms with Gasteiger partial charge in [-0.25, -0.2) is 0 Å². The van der Waals surface area contributed by atoms with Crippen LogP contribution in [0, 0.1) is 0 Å². The highest BCUT2D eigenvalue weighted by molar-refractivity contribution is 5.53. The van der Waals surface area contributed by atoms with Crippen LogP contribution in [0.2, 0.25) is 0 Å². The van der Waals surface area contributed by atoms with Gasteiger partial charge in [0.15, 0.2) is 0 Å². The van der Waals surface area contributed by atoms with E-state index in [4.69, 9.17) is 18.9 Å². The number of hydrogen-bond donors (Lipinski definition) is 0. The van der Waals surface area contributed by atoms with Crippen LogP contribution in [0.25, 0.3) is 0 Å². The van der Waals surface area contributed by atoms with Gasteiger partial charge in [0, 0.05) is 10.8 Å². The fraction of sp³-hybridized carbons (Fsp3) is 0.273. The van der Waals surface area contributed by atoms with Crippen LogP contribution < -0.4 is 18.9 Å². The predicted octanol–water partition coefficient (Wildman–Crippen LogP) is 13.7. The molecule has 2 unspecified atom stereocenters. The molecule has 0 aliphatic rings. The minimum atomic E-state index is -0.337. The molecule has 0 saturated carbocycles. The summed E-state index contributed by atoms with van der Waals surface area (Å²) < 4.78 is 24.3. The third-order valence-electron chi connectivity index (χ3n) is 11.4. The molecule has 6 rings (SSSR count). The van der Waals surface area contributed by atoms with Crippen LogP contribution in [0.3, 0.4) is 0 Å². The maximum atomic E-state index is 6.20. The highest BCUT2D eigenvalue weighted by Gasteiger charge is 2.32. The maximum Gasteiger partial charge on any atom is 0.119 e. The summed E-state index contributed by atoms with van der Waals surface area (Å²) in [5.74, 6) is 3.55. The van der Waals surface area contributed by atoms with Crippen LogP contribution >= 0.6 is 0 Å². The molecule has 0 fully saturated rings. The van der Waals surface area contributed by atoms with Crippen molar-refractivity contribution in [1.29, 1.82) is 0 Å². The molecule has 0 radical (unpaired) electrons. The van der Waals surface area contributed by atoms with Gasteiger partial charge in [-0.05, 0) is 141 Å². The number of rotatable bonds is 24. The minimum absolute atomic E-state index is 0.337. The van der Waals surface area contributed by atoms with Gasteiger partial charge < -0.3 is 18.9 Å². The van der Waals surface area contributed by atoms with Gasteiger partial charge in [0.05, 0.1) is 26.4 Å². The fourth-order valence-corrected chi connectivity index (χ4v) is 7.68. The number of ether oxygens (including phenoxy) is 4. The molecule has 6 aromatic carbocycles. The van der Waals surface area contributed by atoms with E-state index in [9.17, 15) is 0 Å². The van der Waals surface area contributed by atoms with E-state index in [0.29, 0.717) is 26.4 Å². The third kappa shape index (κ3) is 11.1. The zero-order valence-electron chi connectivity index (χ0n) is 35.0. The smallest absolute Gasteiger partial charge is 0.119 e. The topological polar surface area (TPSA) is 36.9 Å². The van der Waals surface area contributed by atoms with Gasteiger partial charge in [-0.1, -0.05) is 121 Å². The molecule has 0 heterocycles. The average Bonchev–Trinajstić information content (AvgIpc) is 3.30. The Morgan fingerprint density at radius 2 is 0.593 bits per heavy atom. The summed E-state index contributed by atoms with van der Waals surface area (Å²) >= 11 is 0. The summed E-state index contributed by atoms with van der Waals surface area (Å²) in [5, 5.41) is 0. The van der Waals surface area contributed by atoms with E-state index in [1.807, 2.05) is 12.2 Å². The lowest BCUT2D eigenvalue weighted by Crippen LogP contribution is -2.25. The summed E-state index contributed by atoms with van der Waals surface area (Å²) in [6.45, 7) is 14.9. The van der Waals surface area contributed by atoms with Crippen molar-refractivity contribution >= 4 is 0 Å². The second-order valence-corrected chi connectivity index (χ2v) is 15.4. The molecule has 304 valence electrons. The Balaban J connectivity index is 0.987. The van der Waals surface area contributed by atoms with Crippen molar-refractivity contribution in [3.05, 3.63) is 216 Å². The van der Waals surface area contributed by atoms with Gasteiger partial charge in [-0.3, -0.25) is 0 Å². The average molecular weight is 785 g/mol. The first-order valence-corrected chi connectivity index (χ1v) is 21.2. The molecule has 0 bridgehead atoms. The minimum Gasteiger partial charge on any atom is -0.494 e. The second kappa shape index (κ2) is 21.7. The van der Waals surface area contributed by atoms with E-state index in [1.54, 1.807) is 0 Å². The fourth-order valence-electron chi connectivity index (χ4n) is 7.68. The van der Waals surface area contributed by atoms with Crippen molar-refractivity contribution in [2.45, 2.75) is 69.6 Å². The first kappa shape index (κ1) is 42.6. The SMILES string of the molecule is C=CCCCOc1ccc(C(C)(c2ccccc2)c2ccc(OCCCCCOc3ccc(C(C)(c4ccccc4)c4ccc(OCCCC=C)cc4)cc3)cc2)cc1. The predicted molar refractivity (Wildman–Crippen MR) is 244 cm³/mol. The molecule has 6 aromatic rings. The summed E-state index contributed by atoms with van der Waals surface area (Å²) in [6.07, 6.45) is 10.6. The third-order valence-corrected chi connectivity index (χ3v) is 11.4. The van der Waals surface area contributed by atoms with Crippen molar-refractivity contribution < 1.29 is 18.9 Å². The number of unbranched alkanes of at least 4 members (excludes halogenated alkanes) is 4. The Hall–Kier alpha value is -6.00. The summed E-state index contributed by atoms with van der Waals surface area (Å²) in [7, 11) is 0. The zero-order valence-corrected chi connectivity index (χ0v) is 35.0. The molecule has 0 spiro atoms. The van der Waals surface area contributed by atoms with Crippen LogP contribution in [0.4, 0.5) is 0 Å². The molecule has 0 aliphatic heterocycles. The monoisotopic (exact) mass is 784 g/mol. The molecule has 4 nitrogen and oxygen atoms in total. The lowest BCUT2D eigenvalue weighted by atomic mass is 9.71. The molecule has 0 saturated heterocycles. The lowest BCUT2D eigenvalue weighted by Gasteiger charge is -2.32. The number of hydrogen-bond acceptors (Lipinski definition) is 4. The molecule has 4 heteroatoms. The van der Waals surface area contributed by atoms with Crippen LogP contribution in [-0.2, 0) is 10.8 Å². The maximum absolute atomic E-state index is 6.20. The van der Waals surface area contributed by atoms with Gasteiger partial charge in [0.2, 0.25) is 0 Å². The Morgan fingerprint density at radius 3 is 0.864 bits per heavy atom. The Kier molecular flexibility index (Phi) is 15.6. The van der Waals surface area contributed by atoms with Crippen LogP contribution in [0.1, 0.15) is 92.2 Å². The molecule has 59 heavy (non-hydrogen) atoms. The van der Waals surface area contributed by atoms with Crippen molar-refractivity contribution in [3.8, 4) is 23.0 Å². The molecule has 0 aliphatic carbocycles. The largest absolute Gasteiger partial charge is 0.494 e. The van der Waals surface area contributed by atoms with E-state index in [-0.39, 0.29) is 10.8 Å². The number of allylic oxidation sites excluding steroid dienone is 2.